The molecule has 5 atom stereocenters. The van der Waals surface area contributed by atoms with Crippen LogP contribution in [-0.2, 0) is 4.74 Å². The predicted molar refractivity (Wildman–Crippen MR) is 166 cm³/mol. The number of quaternary nitrogens is 1. The van der Waals surface area contributed by atoms with Gasteiger partial charge in [0.1, 0.15) is 54.1 Å². The zero-order chi connectivity index (χ0) is 32.7. The van der Waals surface area contributed by atoms with Gasteiger partial charge in [-0.3, -0.25) is 9.38 Å². The highest BCUT2D eigenvalue weighted by molar-refractivity contribution is 6.04. The molecule has 244 valence electrons. The summed E-state index contributed by atoms with van der Waals surface area (Å²) in [4.78, 5) is 15.9. The van der Waals surface area contributed by atoms with Crippen LogP contribution in [0.15, 0.2) is 24.3 Å². The van der Waals surface area contributed by atoms with Gasteiger partial charge in [0.05, 0.1) is 31.4 Å². The molecule has 3 fully saturated rings. The first kappa shape index (κ1) is 30.1. The lowest BCUT2D eigenvalue weighted by molar-refractivity contribution is 0.0739. The summed E-state index contributed by atoms with van der Waals surface area (Å²) in [5.41, 5.74) is -1.16. The van der Waals surface area contributed by atoms with E-state index < -0.39 is 35.6 Å². The molecule has 4 aromatic rings. The molecule has 1 unspecified atom stereocenters. The number of alkyl halides is 2. The molecule has 0 radical (unpaired) electrons. The molecule has 0 spiro atoms. The molecular weight excluding hydrogens is 618 g/mol. The number of likely N-dealkylation sites (N-methyl/N-ethyl adjacent to an activating group) is 1. The highest BCUT2D eigenvalue weighted by Gasteiger charge is 2.51. The van der Waals surface area contributed by atoms with Crippen LogP contribution in [0.2, 0.25) is 0 Å². The Hall–Kier alpha value is -4.25. The molecule has 2 aromatic heterocycles. The zero-order valence-corrected chi connectivity index (χ0v) is 25.6. The first-order valence-corrected chi connectivity index (χ1v) is 15.7. The number of phenols is 1. The number of rotatable bonds is 4. The van der Waals surface area contributed by atoms with Gasteiger partial charge in [0, 0.05) is 23.9 Å². The highest BCUT2D eigenvalue weighted by Crippen LogP contribution is 2.46. The van der Waals surface area contributed by atoms with Crippen molar-refractivity contribution in [3.05, 3.63) is 41.5 Å². The third-order valence-electron chi connectivity index (χ3n) is 10.4. The van der Waals surface area contributed by atoms with Crippen molar-refractivity contribution in [2.45, 2.75) is 43.2 Å². The lowest BCUT2D eigenvalue weighted by Gasteiger charge is -2.37. The Morgan fingerprint density at radius 2 is 2.02 bits per heavy atom. The van der Waals surface area contributed by atoms with E-state index in [2.05, 4.69) is 20.8 Å². The van der Waals surface area contributed by atoms with Crippen molar-refractivity contribution in [3.63, 3.8) is 0 Å². The summed E-state index contributed by atoms with van der Waals surface area (Å²) >= 11 is 0. The summed E-state index contributed by atoms with van der Waals surface area (Å²) in [5.74, 6) is 0.691. The number of benzene rings is 2. The standard InChI is InChI=1S/C34H31F4N5O4/c1-3-21-23(36)6-5-18-11-20(44)12-22(26(18)21)29-28(38)30-27-31(43(2)9-10-45-15-24(37)25(43)16-46-32(27)39-29)41-33(40-30)47-17-34-7-4-8-42(34)14-19(35)13-34/h1,5-6,11-12,19,24-25H,4,7-10,13-17H2,2H3/p+1/t19-,24?,25+,34+,43+/m1/s1. The Morgan fingerprint density at radius 1 is 1.17 bits per heavy atom. The number of ether oxygens (including phenoxy) is 3. The summed E-state index contributed by atoms with van der Waals surface area (Å²) < 4.78 is 80.0. The second-order valence-electron chi connectivity index (χ2n) is 13.1. The van der Waals surface area contributed by atoms with Crippen molar-refractivity contribution in [1.82, 2.24) is 24.3 Å². The number of nitrogens with zero attached hydrogens (tertiary/aromatic N) is 5. The Labute approximate surface area is 267 Å². The molecule has 13 heteroatoms. The van der Waals surface area contributed by atoms with Crippen LogP contribution in [-0.4, -0.2) is 102 Å². The van der Waals surface area contributed by atoms with Gasteiger partial charge in [0.15, 0.2) is 18.0 Å². The third kappa shape index (κ3) is 4.60. The van der Waals surface area contributed by atoms with E-state index in [1.54, 1.807) is 7.05 Å². The average Bonchev–Trinajstić information content (AvgIpc) is 3.48. The quantitative estimate of drug-likeness (QED) is 0.191. The van der Waals surface area contributed by atoms with E-state index in [0.717, 1.165) is 19.4 Å². The van der Waals surface area contributed by atoms with E-state index in [4.69, 9.17) is 25.6 Å². The van der Waals surface area contributed by atoms with Gasteiger partial charge in [0.25, 0.3) is 0 Å². The molecule has 0 saturated carbocycles. The fourth-order valence-electron chi connectivity index (χ4n) is 8.00. The average molecular weight is 651 g/mol. The van der Waals surface area contributed by atoms with Gasteiger partial charge in [0.2, 0.25) is 11.7 Å². The second-order valence-corrected chi connectivity index (χ2v) is 13.1. The summed E-state index contributed by atoms with van der Waals surface area (Å²) in [5, 5.41) is 11.3. The molecule has 8 rings (SSSR count). The number of aromatic hydroxyl groups is 1. The van der Waals surface area contributed by atoms with Gasteiger partial charge in [-0.2, -0.15) is 4.98 Å². The van der Waals surface area contributed by atoms with Gasteiger partial charge in [-0.25, -0.2) is 22.5 Å². The first-order chi connectivity index (χ1) is 22.6. The van der Waals surface area contributed by atoms with E-state index in [1.165, 1.54) is 24.3 Å². The van der Waals surface area contributed by atoms with Gasteiger partial charge in [-0.15, -0.1) is 11.4 Å². The van der Waals surface area contributed by atoms with E-state index >= 15 is 8.78 Å². The van der Waals surface area contributed by atoms with Crippen LogP contribution in [0.5, 0.6) is 17.6 Å². The molecule has 4 aliphatic rings. The molecule has 0 aliphatic carbocycles. The van der Waals surface area contributed by atoms with Crippen LogP contribution in [0.4, 0.5) is 23.4 Å². The summed E-state index contributed by atoms with van der Waals surface area (Å²) in [6.45, 7) is 1.39. The van der Waals surface area contributed by atoms with Crippen LogP contribution in [0.3, 0.4) is 0 Å². The molecule has 0 bridgehead atoms. The van der Waals surface area contributed by atoms with E-state index in [-0.39, 0.29) is 87.5 Å². The van der Waals surface area contributed by atoms with Gasteiger partial charge >= 0.3 is 6.01 Å². The van der Waals surface area contributed by atoms with E-state index in [0.29, 0.717) is 24.9 Å². The monoisotopic (exact) mass is 650 g/mol. The van der Waals surface area contributed by atoms with Gasteiger partial charge in [-0.1, -0.05) is 12.0 Å². The normalized spacial score (nSPS) is 28.7. The molecule has 47 heavy (non-hydrogen) atoms. The maximum Gasteiger partial charge on any atom is 0.322 e. The molecule has 0 amide bonds. The summed E-state index contributed by atoms with van der Waals surface area (Å²) in [7, 11) is 1.79. The van der Waals surface area contributed by atoms with Crippen LogP contribution in [0, 0.1) is 24.0 Å². The lowest BCUT2D eigenvalue weighted by Crippen LogP contribution is -2.60. The second kappa shape index (κ2) is 10.9. The van der Waals surface area contributed by atoms with Crippen LogP contribution in [0.25, 0.3) is 32.9 Å². The third-order valence-corrected chi connectivity index (χ3v) is 10.4. The minimum atomic E-state index is -1.45. The van der Waals surface area contributed by atoms with Gasteiger partial charge < -0.3 is 19.3 Å². The Morgan fingerprint density at radius 3 is 2.85 bits per heavy atom. The topological polar surface area (TPSA) is 89.8 Å². The predicted octanol–water partition coefficient (Wildman–Crippen LogP) is 4.83. The fourth-order valence-corrected chi connectivity index (χ4v) is 8.00. The Kier molecular flexibility index (Phi) is 6.98. The summed E-state index contributed by atoms with van der Waals surface area (Å²) in [6.07, 6.45) is 5.21. The van der Waals surface area contributed by atoms with Gasteiger partial charge in [-0.05, 0) is 43.0 Å². The van der Waals surface area contributed by atoms with Crippen molar-refractivity contribution < 1.29 is 36.9 Å². The number of hydrogen-bond acceptors (Lipinski definition) is 8. The molecular formula is C34H32F4N5O4+. The number of aromatic nitrogens is 3. The van der Waals surface area contributed by atoms with Crippen LogP contribution in [0.1, 0.15) is 24.8 Å². The van der Waals surface area contributed by atoms with Crippen LogP contribution < -0.4 is 14.0 Å². The number of phenolic OH excluding ortho intramolecular Hbond substituents is 1. The number of terminal acetylenes is 1. The minimum Gasteiger partial charge on any atom is -0.508 e. The Balaban J connectivity index is 1.36. The first-order valence-electron chi connectivity index (χ1n) is 15.7. The number of halogens is 4. The van der Waals surface area contributed by atoms with Crippen molar-refractivity contribution in [2.24, 2.45) is 0 Å². The van der Waals surface area contributed by atoms with E-state index in [1.807, 2.05) is 0 Å². The molecule has 3 saturated heterocycles. The van der Waals surface area contributed by atoms with Crippen molar-refractivity contribution in [2.75, 3.05) is 53.1 Å². The SMILES string of the molecule is C#Cc1c(F)ccc2cc(O)cc(-c3nc4c5c(nc(OC[C@@]67CCCN6C[C@H](F)C7)nc5c3F)[N@@+]3(C)CCOCC(F)[C@@H]3CO4)c12. The van der Waals surface area contributed by atoms with Crippen molar-refractivity contribution in [3.8, 4) is 41.2 Å². The van der Waals surface area contributed by atoms with Crippen molar-refractivity contribution >= 4 is 27.5 Å². The van der Waals surface area contributed by atoms with Crippen molar-refractivity contribution in [1.29, 1.82) is 0 Å². The number of hydrogen-bond donors (Lipinski definition) is 1. The van der Waals surface area contributed by atoms with Crippen LogP contribution >= 0.6 is 0 Å². The molecule has 2 aromatic carbocycles. The minimum absolute atomic E-state index is 0.0192. The fraction of sp³-hybridized carbons (Fsp3) is 0.441. The number of pyridine rings is 1. The maximum atomic E-state index is 17.0. The smallest absolute Gasteiger partial charge is 0.322 e. The highest BCUT2D eigenvalue weighted by atomic mass is 19.1. The molecule has 1 N–H and O–H groups in total. The maximum absolute atomic E-state index is 17.0. The Bertz CT molecular complexity index is 1990. The lowest BCUT2D eigenvalue weighted by atomic mass is 9.95. The number of fused-ring (bicyclic) bond motifs is 4. The summed E-state index contributed by atoms with van der Waals surface area (Å²) in [6, 6.07) is 4.29. The molecule has 9 nitrogen and oxygen atoms in total. The van der Waals surface area contributed by atoms with E-state index in [9.17, 15) is 13.9 Å². The molecule has 6 heterocycles. The largest absolute Gasteiger partial charge is 0.508 e. The molecule has 4 aliphatic heterocycles. The zero-order valence-electron chi connectivity index (χ0n) is 25.6.